The van der Waals surface area contributed by atoms with Crippen LogP contribution < -0.4 is 0 Å². The van der Waals surface area contributed by atoms with E-state index in [1.54, 1.807) is 45.3 Å². The van der Waals surface area contributed by atoms with Crippen molar-refractivity contribution in [1.29, 1.82) is 0 Å². The van der Waals surface area contributed by atoms with Gasteiger partial charge in [0.25, 0.3) is 0 Å². The number of thiophene rings is 2. The van der Waals surface area contributed by atoms with E-state index in [1.807, 2.05) is 14.1 Å². The van der Waals surface area contributed by atoms with Crippen molar-refractivity contribution in [3.8, 4) is 165 Å². The summed E-state index contributed by atoms with van der Waals surface area (Å²) in [6.45, 7) is 26.7. The summed E-state index contributed by atoms with van der Waals surface area (Å²) in [7, 11) is 8.20. The topological polar surface area (TPSA) is 133 Å². The summed E-state index contributed by atoms with van der Waals surface area (Å²) in [6, 6.07) is 127. The van der Waals surface area contributed by atoms with Crippen molar-refractivity contribution < 1.29 is 84.3 Å². The van der Waals surface area contributed by atoms with E-state index < -0.39 is 10.8 Å². The number of para-hydroxylation sites is 2. The van der Waals surface area contributed by atoms with Gasteiger partial charge in [-0.05, 0) is 41.6 Å². The Labute approximate surface area is 939 Å². The Morgan fingerprint density at radius 2 is 0.554 bits per heavy atom. The van der Waals surface area contributed by atoms with Gasteiger partial charge in [0.15, 0.2) is 0 Å². The van der Waals surface area contributed by atoms with Crippen molar-refractivity contribution in [2.75, 3.05) is 0 Å². The molecule has 32 bridgehead atoms. The average Bonchev–Trinajstić information content (AvgIpc) is 1.57. The third-order valence-corrected chi connectivity index (χ3v) is 32.7. The summed E-state index contributed by atoms with van der Waals surface area (Å²) in [4.78, 5) is 45.6. The van der Waals surface area contributed by atoms with Crippen LogP contribution in [0.3, 0.4) is 0 Å². The van der Waals surface area contributed by atoms with Gasteiger partial charge in [0.2, 0.25) is 0 Å². The fourth-order valence-electron chi connectivity index (χ4n) is 19.9. The van der Waals surface area contributed by atoms with Gasteiger partial charge < -0.3 is 27.4 Å². The third kappa shape index (κ3) is 18.9. The maximum atomic E-state index is 5.51. The fraction of sp³-hybridized carbons (Fsp3) is 0.175. The molecule has 10 aromatic heterocycles. The number of rotatable bonds is 4. The van der Waals surface area contributed by atoms with Crippen molar-refractivity contribution in [2.24, 2.45) is 28.2 Å². The molecule has 22 aromatic rings. The van der Waals surface area contributed by atoms with Crippen LogP contribution >= 0.6 is 45.3 Å². The van der Waals surface area contributed by atoms with E-state index >= 15 is 0 Å². The summed E-state index contributed by atoms with van der Waals surface area (Å²) in [5, 5.41) is 6.35. The summed E-state index contributed by atoms with van der Waals surface area (Å²) in [5.74, 6) is 5.44. The quantitative estimate of drug-likeness (QED) is 0.159. The van der Waals surface area contributed by atoms with Gasteiger partial charge in [-0.2, -0.15) is 34.8 Å². The molecule has 0 atom stereocenters. The Hall–Kier alpha value is -12.7. The van der Waals surface area contributed by atoms with Crippen LogP contribution in [-0.4, -0.2) is 67.3 Å². The molecule has 0 aliphatic carbocycles. The molecule has 26 rings (SSSR count). The van der Waals surface area contributed by atoms with Gasteiger partial charge in [-0.3, -0.25) is 39.9 Å². The molecule has 0 radical (unpaired) electrons. The molecule has 0 N–H and O–H groups in total. The molecule has 148 heavy (non-hydrogen) atoms. The zero-order chi connectivity index (χ0) is 99.0. The van der Waals surface area contributed by atoms with E-state index in [9.17, 15) is 0 Å². The molecule has 0 spiro atoms. The molecule has 14 nitrogen and oxygen atoms in total. The van der Waals surface area contributed by atoms with Gasteiger partial charge in [-0.15, -0.1) is 212 Å². The first-order valence-electron chi connectivity index (χ1n) is 48.5. The molecular formula is C126H102N14Pt4S4. The van der Waals surface area contributed by atoms with E-state index in [4.69, 9.17) is 39.9 Å². The minimum absolute atomic E-state index is 0. The molecule has 14 heterocycles. The average molecular weight is 2720 g/mol. The van der Waals surface area contributed by atoms with Crippen molar-refractivity contribution in [1.82, 2.24) is 67.3 Å². The molecule has 0 saturated heterocycles. The number of imidazole rings is 6. The van der Waals surface area contributed by atoms with Crippen LogP contribution in [0.2, 0.25) is 0 Å². The van der Waals surface area contributed by atoms with Crippen LogP contribution in [-0.2, 0) is 145 Å². The Bertz CT molecular complexity index is 8270. The number of aryl methyl sites for hydroxylation is 4. The minimum Gasteiger partial charge on any atom is -0.373 e. The zero-order valence-corrected chi connectivity index (χ0v) is 96.7. The third-order valence-electron chi connectivity index (χ3n) is 28.7. The summed E-state index contributed by atoms with van der Waals surface area (Å²) >= 11 is 6.87. The second-order valence-electron chi connectivity index (χ2n) is 40.6. The molecule has 0 fully saturated rings. The molecule has 0 saturated carbocycles. The van der Waals surface area contributed by atoms with Crippen LogP contribution in [0.1, 0.15) is 151 Å². The summed E-state index contributed by atoms with van der Waals surface area (Å²) in [6.07, 6.45) is 12.8. The molecule has 740 valence electrons. The van der Waals surface area contributed by atoms with Crippen LogP contribution in [0.5, 0.6) is 0 Å². The smallest absolute Gasteiger partial charge is 0.373 e. The Morgan fingerprint density at radius 3 is 0.986 bits per heavy atom. The minimum atomic E-state index is -0.493. The molecule has 4 aliphatic rings. The predicted octanol–water partition coefficient (Wildman–Crippen LogP) is 30.0. The van der Waals surface area contributed by atoms with E-state index in [0.717, 1.165) is 223 Å². The van der Waals surface area contributed by atoms with Crippen LogP contribution in [0, 0.1) is 48.5 Å². The van der Waals surface area contributed by atoms with Gasteiger partial charge in [-0.1, -0.05) is 282 Å². The van der Waals surface area contributed by atoms with Crippen molar-refractivity contribution in [3.63, 3.8) is 0 Å². The number of aromatic nitrogens is 14. The second kappa shape index (κ2) is 41.0. The number of benzene rings is 12. The number of hydrogen-bond acceptors (Lipinski definition) is 12. The van der Waals surface area contributed by atoms with Gasteiger partial charge in [0.1, 0.15) is 5.82 Å². The van der Waals surface area contributed by atoms with Gasteiger partial charge in [0.05, 0.1) is 57.6 Å². The van der Waals surface area contributed by atoms with E-state index in [2.05, 4.69) is 500 Å². The molecule has 0 unspecified atom stereocenters. The first kappa shape index (κ1) is 104. The number of hydrogen-bond donors (Lipinski definition) is 0. The SMILES string of the molecule is CC1(C)c2[c-]c(ccc2)-c2nc(cs2)C(C)(C)c2[c-]c(ccc2)-c2nc1cs2.CC1(C)c2cn(-c3ccccc3)c(n2)-c2[c-]c(c(-c3ccccc3)s2)C(C)(C)c2cn(-c3ccccc3)c(n2)-c2[c-]c1c(-c1ccccc1)s2.Cn1cc2nc1-c1[c-]c(ccc1)-c1ccccc1-c1cn(C)c(n1)-c1[c-]c(ccc1)-c1ccccc1-2.Cn1cc2nc1-c1[c-]c(ccc1)C(C)(C)c1nc(cn1C)-c1[c-]c(ccc1)C2(C)C.[Pt+2].[Pt+2].[Pt+2].[Pt+2]. The Balaban J connectivity index is 0.000000126. The van der Waals surface area contributed by atoms with Crippen molar-refractivity contribution in [2.45, 2.75) is 116 Å². The van der Waals surface area contributed by atoms with E-state index in [0.29, 0.717) is 0 Å². The van der Waals surface area contributed by atoms with Crippen molar-refractivity contribution >= 4 is 45.3 Å². The number of thiazole rings is 2. The molecule has 22 heteroatoms. The zero-order valence-electron chi connectivity index (χ0n) is 84.3. The van der Waals surface area contributed by atoms with Gasteiger partial charge >= 0.3 is 84.3 Å². The fourth-order valence-corrected chi connectivity index (χ4v) is 24.4. The van der Waals surface area contributed by atoms with E-state index in [1.165, 1.54) is 9.75 Å². The number of nitrogens with zero attached hydrogens (tertiary/aromatic N) is 14. The van der Waals surface area contributed by atoms with Gasteiger partial charge in [-0.25, -0.2) is 22.7 Å². The van der Waals surface area contributed by atoms with Crippen LogP contribution in [0.15, 0.2) is 327 Å². The summed E-state index contributed by atoms with van der Waals surface area (Å²) in [5.41, 5.74) is 29.3. The maximum absolute atomic E-state index is 5.51. The Morgan fingerprint density at radius 1 is 0.236 bits per heavy atom. The molecule has 4 aliphatic heterocycles. The van der Waals surface area contributed by atoms with Crippen LogP contribution in [0.4, 0.5) is 0 Å². The monoisotopic (exact) mass is 2720 g/mol. The normalized spacial score (nSPS) is 14.1. The second-order valence-corrected chi connectivity index (χ2v) is 44.3. The van der Waals surface area contributed by atoms with Crippen LogP contribution in [0.25, 0.3) is 165 Å². The Kier molecular flexibility index (Phi) is 28.8. The summed E-state index contributed by atoms with van der Waals surface area (Å²) < 4.78 is 12.9. The van der Waals surface area contributed by atoms with Crippen molar-refractivity contribution in [3.05, 3.63) is 443 Å². The largest absolute Gasteiger partial charge is 2.00 e. The first-order chi connectivity index (χ1) is 69.5. The predicted molar refractivity (Wildman–Crippen MR) is 587 cm³/mol. The standard InChI is InChI=1S/C44H34N4S2.C32H22N4.C26H26N4.C24H20N2S2.4Pt/c1-43(2)33-25-35(49-39(33)29-17-9-5-10-18-29)42-46-38(28-48(42)32-23-15-8-16-24-32)44(3,4)34-26-36(50-40(34)30-19-11-6-12-20-30)41-45-37(43)27-47(41)31-21-13-7-14-22-31;1-35-19-29-27-15-5-3-13-25(27)22-10-8-12-24(18-22)32-34-30(20-36(32)2)28-16-6-4-14-26(28)21-9-7-11-23(17-21)31(35)33-29;1-25(2)19-11-7-9-17(13-19)21-15-30(6)24(27-21)26(3,4)20-12-8-10-18(14-20)23-28-22(25)16-29(23)5;1-23(2)17-9-5-7-15(11-17)22-26-20(14-28-22)24(3,4)18-10-6-8-16(12-18)21-25-19(23)13-27-21;;;;/h5-24,27-28H,1-4H3;3-16,19-20H,1-2H3;7-12,15-16H,1-6H3;5-10,13-14H,1-4H3;;;;/q4*-2;4*+2. The first-order valence-corrected chi connectivity index (χ1v) is 51.9. The number of fused-ring (bicyclic) bond motifs is 46. The molecule has 12 aromatic carbocycles. The van der Waals surface area contributed by atoms with Gasteiger partial charge in [0, 0.05) is 141 Å². The van der Waals surface area contributed by atoms with E-state index in [-0.39, 0.29) is 106 Å². The molecular weight excluding hydrogens is 2620 g/mol. The molecule has 0 amide bonds. The maximum Gasteiger partial charge on any atom is 2.00 e.